The number of halogens is 1. The minimum absolute atomic E-state index is 0.0929. The van der Waals surface area contributed by atoms with E-state index in [9.17, 15) is 4.79 Å². The van der Waals surface area contributed by atoms with Gasteiger partial charge in [-0.25, -0.2) is 0 Å². The van der Waals surface area contributed by atoms with Crippen molar-refractivity contribution in [1.82, 2.24) is 14.7 Å². The Hall–Kier alpha value is -2.72. The third kappa shape index (κ3) is 6.23. The van der Waals surface area contributed by atoms with Gasteiger partial charge in [0, 0.05) is 62.5 Å². The second-order valence-corrected chi connectivity index (χ2v) is 10.3. The van der Waals surface area contributed by atoms with Gasteiger partial charge in [0.25, 0.3) is 0 Å². The lowest BCUT2D eigenvalue weighted by Crippen LogP contribution is -2.58. The normalized spacial score (nSPS) is 22.2. The summed E-state index contributed by atoms with van der Waals surface area (Å²) >= 11 is 6.04. The van der Waals surface area contributed by atoms with E-state index in [1.165, 1.54) is 0 Å². The van der Waals surface area contributed by atoms with Crippen molar-refractivity contribution >= 4 is 17.5 Å². The first-order chi connectivity index (χ1) is 17.9. The number of rotatable bonds is 8. The predicted molar refractivity (Wildman–Crippen MR) is 139 cm³/mol. The second-order valence-electron chi connectivity index (χ2n) is 9.86. The highest BCUT2D eigenvalue weighted by molar-refractivity contribution is 6.30. The van der Waals surface area contributed by atoms with Gasteiger partial charge in [-0.15, -0.1) is 0 Å². The lowest BCUT2D eigenvalue weighted by molar-refractivity contribution is -0.158. The maximum Gasteiger partial charge on any atom is 0.231 e. The number of hydrogen-bond acceptors (Lipinski definition) is 8. The number of morpholine rings is 1. The standard InChI is InChI=1S/C27H34ClN3O6/c1-29-7-9-31(10-8-29)26(32)15-27(18-34-22-5-3-21(28)4-6-22)17-30(11-12-37-27)16-20-13-24-25(36-19-35-24)14-23(20)33-2/h3-6,13-14H,7-12,15-19H2,1-2H3/t27-/m0/s1. The monoisotopic (exact) mass is 531 g/mol. The number of fused-ring (bicyclic) bond motifs is 1. The number of nitrogens with zero attached hydrogens (tertiary/aromatic N) is 3. The maximum atomic E-state index is 13.4. The molecule has 0 saturated carbocycles. The van der Waals surface area contributed by atoms with Gasteiger partial charge < -0.3 is 33.5 Å². The van der Waals surface area contributed by atoms with Crippen molar-refractivity contribution in [3.05, 3.63) is 47.0 Å². The highest BCUT2D eigenvalue weighted by atomic mass is 35.5. The lowest BCUT2D eigenvalue weighted by atomic mass is 9.96. The Kier molecular flexibility index (Phi) is 7.95. The molecule has 37 heavy (non-hydrogen) atoms. The Labute approximate surface area is 222 Å². The average Bonchev–Trinajstić information content (AvgIpc) is 3.36. The minimum atomic E-state index is -0.790. The summed E-state index contributed by atoms with van der Waals surface area (Å²) in [5.41, 5.74) is 0.202. The quantitative estimate of drug-likeness (QED) is 0.515. The molecule has 3 aliphatic heterocycles. The van der Waals surface area contributed by atoms with E-state index in [1.54, 1.807) is 19.2 Å². The van der Waals surface area contributed by atoms with Crippen LogP contribution in [0.15, 0.2) is 36.4 Å². The summed E-state index contributed by atoms with van der Waals surface area (Å²) in [6.45, 7) is 6.03. The Morgan fingerprint density at radius 1 is 1.05 bits per heavy atom. The summed E-state index contributed by atoms with van der Waals surface area (Å²) in [6, 6.07) is 11.1. The number of likely N-dealkylation sites (N-methyl/N-ethyl adjacent to an activating group) is 1. The molecule has 0 N–H and O–H groups in total. The van der Waals surface area contributed by atoms with Crippen molar-refractivity contribution in [1.29, 1.82) is 0 Å². The summed E-state index contributed by atoms with van der Waals surface area (Å²) < 4.78 is 29.3. The van der Waals surface area contributed by atoms with E-state index in [2.05, 4.69) is 16.8 Å². The van der Waals surface area contributed by atoms with Gasteiger partial charge in [-0.05, 0) is 37.4 Å². The lowest BCUT2D eigenvalue weighted by Gasteiger charge is -2.43. The van der Waals surface area contributed by atoms with Crippen LogP contribution in [0.3, 0.4) is 0 Å². The van der Waals surface area contributed by atoms with Gasteiger partial charge in [-0.1, -0.05) is 11.6 Å². The smallest absolute Gasteiger partial charge is 0.231 e. The van der Waals surface area contributed by atoms with Crippen LogP contribution in [0.1, 0.15) is 12.0 Å². The summed E-state index contributed by atoms with van der Waals surface area (Å²) in [5, 5.41) is 0.644. The number of ether oxygens (including phenoxy) is 5. The molecule has 9 nitrogen and oxygen atoms in total. The third-order valence-electron chi connectivity index (χ3n) is 7.14. The van der Waals surface area contributed by atoms with Crippen molar-refractivity contribution in [2.45, 2.75) is 18.6 Å². The molecule has 5 rings (SSSR count). The number of piperazine rings is 1. The van der Waals surface area contributed by atoms with Crippen molar-refractivity contribution < 1.29 is 28.5 Å². The van der Waals surface area contributed by atoms with Crippen molar-refractivity contribution in [3.63, 3.8) is 0 Å². The van der Waals surface area contributed by atoms with E-state index in [0.29, 0.717) is 42.0 Å². The molecular formula is C27H34ClN3O6. The Balaban J connectivity index is 1.33. The van der Waals surface area contributed by atoms with Crippen LogP contribution in [0.2, 0.25) is 5.02 Å². The maximum absolute atomic E-state index is 13.4. The van der Waals surface area contributed by atoms with Crippen molar-refractivity contribution in [2.75, 3.05) is 73.4 Å². The molecule has 10 heteroatoms. The molecular weight excluding hydrogens is 498 g/mol. The number of hydrogen-bond donors (Lipinski definition) is 0. The summed E-state index contributed by atoms with van der Waals surface area (Å²) in [4.78, 5) is 19.9. The molecule has 2 aromatic rings. The van der Waals surface area contributed by atoms with E-state index in [-0.39, 0.29) is 25.7 Å². The molecule has 1 atom stereocenters. The average molecular weight is 532 g/mol. The zero-order valence-electron chi connectivity index (χ0n) is 21.4. The van der Waals surface area contributed by atoms with E-state index < -0.39 is 5.60 Å². The van der Waals surface area contributed by atoms with Crippen LogP contribution in [0.4, 0.5) is 0 Å². The molecule has 0 radical (unpaired) electrons. The SMILES string of the molecule is COc1cc2c(cc1CN1CCO[C@@](COc3ccc(Cl)cc3)(CC(=O)N3CCN(C)CC3)C1)OCO2. The zero-order valence-corrected chi connectivity index (χ0v) is 22.2. The highest BCUT2D eigenvalue weighted by Gasteiger charge is 2.41. The molecule has 0 aromatic heterocycles. The first kappa shape index (κ1) is 25.9. The Morgan fingerprint density at radius 3 is 2.51 bits per heavy atom. The minimum Gasteiger partial charge on any atom is -0.496 e. The molecule has 0 aliphatic carbocycles. The van der Waals surface area contributed by atoms with Gasteiger partial charge in [-0.2, -0.15) is 0 Å². The van der Waals surface area contributed by atoms with Crippen molar-refractivity contribution in [2.24, 2.45) is 0 Å². The molecule has 200 valence electrons. The number of amides is 1. The molecule has 0 spiro atoms. The Bertz CT molecular complexity index is 1090. The van der Waals surface area contributed by atoms with Gasteiger partial charge in [-0.3, -0.25) is 9.69 Å². The molecule has 2 fully saturated rings. The fourth-order valence-corrected chi connectivity index (χ4v) is 5.14. The van der Waals surface area contributed by atoms with Crippen LogP contribution in [0.5, 0.6) is 23.0 Å². The molecule has 2 aromatic carbocycles. The van der Waals surface area contributed by atoms with E-state index in [1.807, 2.05) is 29.2 Å². The van der Waals surface area contributed by atoms with E-state index in [0.717, 1.165) is 44.0 Å². The fourth-order valence-electron chi connectivity index (χ4n) is 5.01. The Morgan fingerprint density at radius 2 is 1.78 bits per heavy atom. The van der Waals surface area contributed by atoms with Crippen molar-refractivity contribution in [3.8, 4) is 23.0 Å². The summed E-state index contributed by atoms with van der Waals surface area (Å²) in [6.07, 6.45) is 0.249. The molecule has 3 aliphatic rings. The van der Waals surface area contributed by atoms with Gasteiger partial charge in [0.15, 0.2) is 11.5 Å². The van der Waals surface area contributed by atoms with Crippen LogP contribution < -0.4 is 18.9 Å². The van der Waals surface area contributed by atoms with Crippen LogP contribution >= 0.6 is 11.6 Å². The van der Waals surface area contributed by atoms with Crippen LogP contribution in [0.25, 0.3) is 0 Å². The topological polar surface area (TPSA) is 72.9 Å². The van der Waals surface area contributed by atoms with Crippen LogP contribution in [0, 0.1) is 0 Å². The highest BCUT2D eigenvalue weighted by Crippen LogP contribution is 2.39. The summed E-state index contributed by atoms with van der Waals surface area (Å²) in [7, 11) is 3.73. The van der Waals surface area contributed by atoms with E-state index >= 15 is 0 Å². The number of benzene rings is 2. The van der Waals surface area contributed by atoms with Gasteiger partial charge in [0.05, 0.1) is 20.1 Å². The summed E-state index contributed by atoms with van der Waals surface area (Å²) in [5.74, 6) is 2.93. The largest absolute Gasteiger partial charge is 0.496 e. The predicted octanol–water partition coefficient (Wildman–Crippen LogP) is 2.89. The zero-order chi connectivity index (χ0) is 25.8. The first-order valence-corrected chi connectivity index (χ1v) is 13.0. The number of carbonyl (C=O) groups excluding carboxylic acids is 1. The fraction of sp³-hybridized carbons (Fsp3) is 0.519. The van der Waals surface area contributed by atoms with E-state index in [4.69, 9.17) is 35.3 Å². The molecule has 1 amide bonds. The number of carbonyl (C=O) groups is 1. The molecule has 0 bridgehead atoms. The third-order valence-corrected chi connectivity index (χ3v) is 7.39. The molecule has 0 unspecified atom stereocenters. The van der Waals surface area contributed by atoms with Crippen LogP contribution in [-0.4, -0.2) is 99.6 Å². The second kappa shape index (κ2) is 11.3. The van der Waals surface area contributed by atoms with Gasteiger partial charge in [0.2, 0.25) is 12.7 Å². The van der Waals surface area contributed by atoms with Gasteiger partial charge >= 0.3 is 0 Å². The van der Waals surface area contributed by atoms with Crippen LogP contribution in [-0.2, 0) is 16.1 Å². The first-order valence-electron chi connectivity index (χ1n) is 12.6. The number of methoxy groups -OCH3 is 1. The van der Waals surface area contributed by atoms with Gasteiger partial charge in [0.1, 0.15) is 23.7 Å². The molecule has 3 heterocycles. The molecule has 2 saturated heterocycles.